The van der Waals surface area contributed by atoms with Gasteiger partial charge in [-0.15, -0.1) is 0 Å². The molecule has 1 unspecified atom stereocenters. The fourth-order valence-electron chi connectivity index (χ4n) is 2.56. The maximum Gasteiger partial charge on any atom is 0.298 e. The van der Waals surface area contributed by atoms with Crippen LogP contribution in [-0.4, -0.2) is 44.5 Å². The van der Waals surface area contributed by atoms with Crippen LogP contribution < -0.4 is 14.4 Å². The summed E-state index contributed by atoms with van der Waals surface area (Å²) in [7, 11) is 3.51. The lowest BCUT2D eigenvalue weighted by Crippen LogP contribution is -2.25. The first kappa shape index (κ1) is 21.2. The van der Waals surface area contributed by atoms with Gasteiger partial charge in [0.1, 0.15) is 17.9 Å². The summed E-state index contributed by atoms with van der Waals surface area (Å²) in [5.74, 6) is -0.0652. The van der Waals surface area contributed by atoms with Crippen molar-refractivity contribution in [1.82, 2.24) is 4.72 Å². The second-order valence-corrected chi connectivity index (χ2v) is 7.95. The van der Waals surface area contributed by atoms with E-state index in [0.717, 1.165) is 11.1 Å². The number of nitrogens with zero attached hydrogens (tertiary/aromatic N) is 1. The van der Waals surface area contributed by atoms with Gasteiger partial charge in [-0.3, -0.25) is 9.52 Å². The zero-order valence-electron chi connectivity index (χ0n) is 16.2. The van der Waals surface area contributed by atoms with Crippen LogP contribution in [0.2, 0.25) is 5.02 Å². The smallest absolute Gasteiger partial charge is 0.298 e. The number of halogens is 1. The van der Waals surface area contributed by atoms with Crippen molar-refractivity contribution in [2.45, 2.75) is 4.90 Å². The lowest BCUT2D eigenvalue weighted by atomic mass is 10.2. The van der Waals surface area contributed by atoms with Gasteiger partial charge in [-0.05, 0) is 36.4 Å². The van der Waals surface area contributed by atoms with E-state index in [1.54, 1.807) is 25.3 Å². The molecule has 3 aromatic rings. The first-order valence-electron chi connectivity index (χ1n) is 8.74. The minimum Gasteiger partial charge on any atom is -0.491 e. The van der Waals surface area contributed by atoms with E-state index in [4.69, 9.17) is 25.5 Å². The summed E-state index contributed by atoms with van der Waals surface area (Å²) in [5, 5.41) is 1.03. The normalized spacial score (nSPS) is 12.0. The van der Waals surface area contributed by atoms with Crippen molar-refractivity contribution in [3.63, 3.8) is 0 Å². The third-order valence-electron chi connectivity index (χ3n) is 4.09. The van der Waals surface area contributed by atoms with Crippen molar-refractivity contribution in [3.8, 4) is 5.75 Å². The number of furan rings is 1. The molecule has 1 heterocycles. The topological polar surface area (TPSA) is 81.0 Å². The zero-order valence-corrected chi connectivity index (χ0v) is 17.8. The van der Waals surface area contributed by atoms with Gasteiger partial charge >= 0.3 is 0 Å². The first-order valence-corrected chi connectivity index (χ1v) is 10.3. The van der Waals surface area contributed by atoms with Crippen molar-refractivity contribution in [3.05, 3.63) is 53.2 Å². The molecule has 154 valence electrons. The van der Waals surface area contributed by atoms with Crippen LogP contribution in [0.15, 0.2) is 51.8 Å². The number of anilines is 1. The summed E-state index contributed by atoms with van der Waals surface area (Å²) < 4.78 is 31.1. The second-order valence-electron chi connectivity index (χ2n) is 6.36. The standard InChI is InChI=1S/C20H21ClN2O5S/c1-23(2)14-5-4-13-10-18(28-17(13)11-14)20(24)22-29(25)19-12-15(6-7-16(19)21)27-9-8-26-3/h4-7,10-12H,8-9H2,1-3H3,(H,22,24). The Morgan fingerprint density at radius 2 is 1.97 bits per heavy atom. The molecular formula is C20H21ClN2O5S. The average molecular weight is 437 g/mol. The van der Waals surface area contributed by atoms with Crippen molar-refractivity contribution in [1.29, 1.82) is 0 Å². The Balaban J connectivity index is 1.75. The SMILES string of the molecule is COCCOc1ccc(Cl)c(S(=O)NC(=O)c2cc3ccc(N(C)C)cc3o2)c1. The van der Waals surface area contributed by atoms with E-state index < -0.39 is 16.9 Å². The van der Waals surface area contributed by atoms with Gasteiger partial charge in [0.05, 0.1) is 16.5 Å². The largest absolute Gasteiger partial charge is 0.491 e. The molecule has 0 radical (unpaired) electrons. The monoisotopic (exact) mass is 436 g/mol. The maximum absolute atomic E-state index is 12.7. The van der Waals surface area contributed by atoms with E-state index in [-0.39, 0.29) is 15.7 Å². The van der Waals surface area contributed by atoms with Crippen molar-refractivity contribution >= 4 is 45.2 Å². The molecule has 0 saturated heterocycles. The van der Waals surface area contributed by atoms with Crippen molar-refractivity contribution < 1.29 is 22.9 Å². The van der Waals surface area contributed by atoms with Crippen LogP contribution >= 0.6 is 11.6 Å². The molecule has 0 spiro atoms. The number of benzene rings is 2. The highest BCUT2D eigenvalue weighted by Crippen LogP contribution is 2.26. The fraction of sp³-hybridized carbons (Fsp3) is 0.250. The molecule has 0 saturated carbocycles. The number of hydrogen-bond acceptors (Lipinski definition) is 6. The quantitative estimate of drug-likeness (QED) is 0.543. The first-order chi connectivity index (χ1) is 13.9. The summed E-state index contributed by atoms with van der Waals surface area (Å²) in [4.78, 5) is 14.7. The lowest BCUT2D eigenvalue weighted by Gasteiger charge is -2.11. The summed E-state index contributed by atoms with van der Waals surface area (Å²) in [6.45, 7) is 0.754. The molecule has 1 atom stereocenters. The highest BCUT2D eigenvalue weighted by Gasteiger charge is 2.18. The number of carbonyl (C=O) groups excluding carboxylic acids is 1. The third kappa shape index (κ3) is 5.09. The fourth-order valence-corrected chi connectivity index (χ4v) is 3.73. The summed E-state index contributed by atoms with van der Waals surface area (Å²) >= 11 is 6.14. The molecule has 3 rings (SSSR count). The molecule has 1 aromatic heterocycles. The van der Waals surface area contributed by atoms with Gasteiger partial charge in [-0.25, -0.2) is 4.21 Å². The van der Waals surface area contributed by atoms with E-state index in [1.165, 1.54) is 6.07 Å². The minimum atomic E-state index is -1.89. The highest BCUT2D eigenvalue weighted by atomic mass is 35.5. The van der Waals surface area contributed by atoms with Gasteiger partial charge < -0.3 is 18.8 Å². The Labute approximate surface area is 176 Å². The number of rotatable bonds is 8. The molecule has 1 amide bonds. The minimum absolute atomic E-state index is 0.0628. The van der Waals surface area contributed by atoms with E-state index in [0.29, 0.717) is 24.5 Å². The van der Waals surface area contributed by atoms with Crippen LogP contribution in [0.25, 0.3) is 11.0 Å². The Morgan fingerprint density at radius 3 is 2.69 bits per heavy atom. The summed E-state index contributed by atoms with van der Waals surface area (Å²) in [6.07, 6.45) is 0. The average Bonchev–Trinajstić information content (AvgIpc) is 3.12. The number of carbonyl (C=O) groups is 1. The summed E-state index contributed by atoms with van der Waals surface area (Å²) in [6, 6.07) is 12.0. The van der Waals surface area contributed by atoms with Crippen LogP contribution in [0.3, 0.4) is 0 Å². The Kier molecular flexibility index (Phi) is 6.79. The molecule has 2 aromatic carbocycles. The number of amides is 1. The molecule has 0 aliphatic heterocycles. The number of methoxy groups -OCH3 is 1. The maximum atomic E-state index is 12.7. The number of hydrogen-bond donors (Lipinski definition) is 1. The molecule has 0 bridgehead atoms. The second kappa shape index (κ2) is 9.30. The van der Waals surface area contributed by atoms with Gasteiger partial charge in [-0.2, -0.15) is 0 Å². The van der Waals surface area contributed by atoms with Crippen LogP contribution in [0, 0.1) is 0 Å². The lowest BCUT2D eigenvalue weighted by molar-refractivity contribution is 0.0958. The zero-order chi connectivity index (χ0) is 21.0. The Morgan fingerprint density at radius 1 is 1.17 bits per heavy atom. The third-order valence-corrected chi connectivity index (χ3v) is 5.64. The molecular weight excluding hydrogens is 416 g/mol. The summed E-state index contributed by atoms with van der Waals surface area (Å²) in [5.41, 5.74) is 1.51. The molecule has 0 aliphatic carbocycles. The van der Waals surface area contributed by atoms with E-state index in [9.17, 15) is 9.00 Å². The molecule has 0 aliphatic rings. The predicted octanol–water partition coefficient (Wildman–Crippen LogP) is 3.63. The van der Waals surface area contributed by atoms with Crippen molar-refractivity contribution in [2.24, 2.45) is 0 Å². The molecule has 29 heavy (non-hydrogen) atoms. The Bertz CT molecular complexity index is 1050. The molecule has 7 nitrogen and oxygen atoms in total. The molecule has 0 fully saturated rings. The predicted molar refractivity (Wildman–Crippen MR) is 113 cm³/mol. The van der Waals surface area contributed by atoms with Crippen LogP contribution in [0.1, 0.15) is 10.6 Å². The van der Waals surface area contributed by atoms with E-state index in [1.807, 2.05) is 37.2 Å². The highest BCUT2D eigenvalue weighted by molar-refractivity contribution is 7.83. The Hall–Kier alpha value is -2.55. The van der Waals surface area contributed by atoms with Gasteiger partial charge in [0.2, 0.25) is 0 Å². The van der Waals surface area contributed by atoms with E-state index >= 15 is 0 Å². The number of fused-ring (bicyclic) bond motifs is 1. The van der Waals surface area contributed by atoms with Crippen LogP contribution in [-0.2, 0) is 15.7 Å². The van der Waals surface area contributed by atoms with E-state index in [2.05, 4.69) is 4.72 Å². The number of nitrogens with one attached hydrogen (secondary N) is 1. The number of ether oxygens (including phenoxy) is 2. The molecule has 9 heteroatoms. The van der Waals surface area contributed by atoms with Gasteiger partial charge in [-0.1, -0.05) is 11.6 Å². The van der Waals surface area contributed by atoms with Gasteiger partial charge in [0.25, 0.3) is 5.91 Å². The van der Waals surface area contributed by atoms with Crippen LogP contribution in [0.4, 0.5) is 5.69 Å². The molecule has 1 N–H and O–H groups in total. The van der Waals surface area contributed by atoms with Gasteiger partial charge in [0, 0.05) is 38.3 Å². The van der Waals surface area contributed by atoms with Gasteiger partial charge in [0.15, 0.2) is 16.7 Å². The van der Waals surface area contributed by atoms with Crippen LogP contribution in [0.5, 0.6) is 5.75 Å². The van der Waals surface area contributed by atoms with Crippen molar-refractivity contribution in [2.75, 3.05) is 39.3 Å².